The molecule has 0 fully saturated rings. The maximum atomic E-state index is 12.7. The van der Waals surface area contributed by atoms with Crippen LogP contribution >= 0.6 is 0 Å². The van der Waals surface area contributed by atoms with Gasteiger partial charge in [-0.25, -0.2) is 0 Å². The SMILES string of the molecule is CC(C)N(CCCN)C(=O)c1ccc2ccccc2c1O. The molecule has 0 saturated carbocycles. The predicted octanol–water partition coefficient (Wildman–Crippen LogP) is 2.74. The average Bonchev–Trinajstić information content (AvgIpc) is 2.47. The number of carbonyl (C=O) groups excluding carboxylic acids is 1. The number of rotatable bonds is 5. The van der Waals surface area contributed by atoms with Crippen LogP contribution in [0.4, 0.5) is 0 Å². The van der Waals surface area contributed by atoms with Crippen molar-refractivity contribution in [3.63, 3.8) is 0 Å². The molecule has 3 N–H and O–H groups in total. The molecular weight excluding hydrogens is 264 g/mol. The van der Waals surface area contributed by atoms with Crippen LogP contribution in [-0.2, 0) is 0 Å². The standard InChI is InChI=1S/C17H22N2O2/c1-12(2)19(11-5-10-18)17(21)15-9-8-13-6-3-4-7-14(13)16(15)20/h3-4,6-9,12,20H,5,10-11,18H2,1-2H3. The Hall–Kier alpha value is -2.07. The molecule has 2 rings (SSSR count). The van der Waals surface area contributed by atoms with Gasteiger partial charge in [-0.3, -0.25) is 4.79 Å². The Balaban J connectivity index is 2.39. The van der Waals surface area contributed by atoms with Gasteiger partial charge in [-0.2, -0.15) is 0 Å². The largest absolute Gasteiger partial charge is 0.506 e. The van der Waals surface area contributed by atoms with Crippen molar-refractivity contribution in [2.24, 2.45) is 5.73 Å². The molecule has 2 aromatic carbocycles. The van der Waals surface area contributed by atoms with E-state index in [-0.39, 0.29) is 17.7 Å². The molecule has 0 radical (unpaired) electrons. The Labute approximate surface area is 125 Å². The van der Waals surface area contributed by atoms with Crippen molar-refractivity contribution in [3.05, 3.63) is 42.0 Å². The molecule has 0 atom stereocenters. The number of phenolic OH excluding ortho intramolecular Hbond substituents is 1. The maximum Gasteiger partial charge on any atom is 0.257 e. The summed E-state index contributed by atoms with van der Waals surface area (Å²) in [5, 5.41) is 12.0. The van der Waals surface area contributed by atoms with Crippen LogP contribution in [0.2, 0.25) is 0 Å². The Bertz CT molecular complexity index is 638. The van der Waals surface area contributed by atoms with Crippen LogP contribution < -0.4 is 5.73 Å². The molecule has 112 valence electrons. The van der Waals surface area contributed by atoms with Gasteiger partial charge in [0.25, 0.3) is 5.91 Å². The van der Waals surface area contributed by atoms with Crippen molar-refractivity contribution in [3.8, 4) is 5.75 Å². The monoisotopic (exact) mass is 286 g/mol. The molecule has 0 bridgehead atoms. The van der Waals surface area contributed by atoms with Gasteiger partial charge in [0.15, 0.2) is 0 Å². The maximum absolute atomic E-state index is 12.7. The highest BCUT2D eigenvalue weighted by Crippen LogP contribution is 2.29. The molecule has 4 heteroatoms. The van der Waals surface area contributed by atoms with E-state index >= 15 is 0 Å². The highest BCUT2D eigenvalue weighted by molar-refractivity contribution is 6.03. The molecule has 4 nitrogen and oxygen atoms in total. The number of hydrogen-bond acceptors (Lipinski definition) is 3. The second kappa shape index (κ2) is 6.59. The zero-order valence-electron chi connectivity index (χ0n) is 12.5. The van der Waals surface area contributed by atoms with Crippen LogP contribution in [0.15, 0.2) is 36.4 Å². The predicted molar refractivity (Wildman–Crippen MR) is 85.5 cm³/mol. The lowest BCUT2D eigenvalue weighted by atomic mass is 10.0. The van der Waals surface area contributed by atoms with Crippen molar-refractivity contribution in [1.29, 1.82) is 0 Å². The second-order valence-electron chi connectivity index (χ2n) is 5.42. The molecule has 0 aliphatic rings. The van der Waals surface area contributed by atoms with E-state index in [0.717, 1.165) is 11.8 Å². The first-order chi connectivity index (χ1) is 10.1. The molecule has 0 saturated heterocycles. The van der Waals surface area contributed by atoms with E-state index in [1.807, 2.05) is 44.2 Å². The van der Waals surface area contributed by atoms with Crippen LogP contribution in [-0.4, -0.2) is 35.0 Å². The molecule has 0 unspecified atom stereocenters. The summed E-state index contributed by atoms with van der Waals surface area (Å²) in [4.78, 5) is 14.4. The molecule has 0 heterocycles. The summed E-state index contributed by atoms with van der Waals surface area (Å²) in [6, 6.07) is 11.1. The van der Waals surface area contributed by atoms with Crippen LogP contribution in [0.3, 0.4) is 0 Å². The number of amides is 1. The van der Waals surface area contributed by atoms with Crippen molar-refractivity contribution in [2.45, 2.75) is 26.3 Å². The van der Waals surface area contributed by atoms with Gasteiger partial charge < -0.3 is 15.7 Å². The Morgan fingerprint density at radius 1 is 1.24 bits per heavy atom. The summed E-state index contributed by atoms with van der Waals surface area (Å²) in [6.45, 7) is 5.07. The highest BCUT2D eigenvalue weighted by atomic mass is 16.3. The van der Waals surface area contributed by atoms with Gasteiger partial charge >= 0.3 is 0 Å². The molecule has 0 aliphatic carbocycles. The fourth-order valence-electron chi connectivity index (χ4n) is 2.44. The van der Waals surface area contributed by atoms with Gasteiger partial charge in [0.1, 0.15) is 5.75 Å². The van der Waals surface area contributed by atoms with E-state index in [9.17, 15) is 9.90 Å². The number of aromatic hydroxyl groups is 1. The summed E-state index contributed by atoms with van der Waals surface area (Å²) in [7, 11) is 0. The number of phenols is 1. The van der Waals surface area contributed by atoms with Crippen LogP contribution in [0.1, 0.15) is 30.6 Å². The lowest BCUT2D eigenvalue weighted by Crippen LogP contribution is -2.38. The first-order valence-electron chi connectivity index (χ1n) is 7.28. The fraction of sp³-hybridized carbons (Fsp3) is 0.353. The molecular formula is C17H22N2O2. The lowest BCUT2D eigenvalue weighted by Gasteiger charge is -2.27. The summed E-state index contributed by atoms with van der Waals surface area (Å²) >= 11 is 0. The summed E-state index contributed by atoms with van der Waals surface area (Å²) < 4.78 is 0. The summed E-state index contributed by atoms with van der Waals surface area (Å²) in [5.41, 5.74) is 5.88. The van der Waals surface area contributed by atoms with E-state index in [4.69, 9.17) is 5.73 Å². The van der Waals surface area contributed by atoms with Crippen LogP contribution in [0.5, 0.6) is 5.75 Å². The quantitative estimate of drug-likeness (QED) is 0.888. The summed E-state index contributed by atoms with van der Waals surface area (Å²) in [6.07, 6.45) is 0.748. The van der Waals surface area contributed by atoms with Gasteiger partial charge in [0.05, 0.1) is 5.56 Å². The van der Waals surface area contributed by atoms with E-state index in [2.05, 4.69) is 0 Å². The first kappa shape index (κ1) is 15.3. The van der Waals surface area contributed by atoms with Gasteiger partial charge in [-0.05, 0) is 38.3 Å². The van der Waals surface area contributed by atoms with E-state index in [1.165, 1.54) is 0 Å². The summed E-state index contributed by atoms with van der Waals surface area (Å²) in [5.74, 6) is -0.0989. The normalized spacial score (nSPS) is 11.0. The number of nitrogens with zero attached hydrogens (tertiary/aromatic N) is 1. The van der Waals surface area contributed by atoms with Crippen molar-refractivity contribution in [1.82, 2.24) is 4.90 Å². The van der Waals surface area contributed by atoms with Crippen LogP contribution in [0.25, 0.3) is 10.8 Å². The van der Waals surface area contributed by atoms with Crippen molar-refractivity contribution in [2.75, 3.05) is 13.1 Å². The third-order valence-electron chi connectivity index (χ3n) is 3.62. The molecule has 21 heavy (non-hydrogen) atoms. The zero-order chi connectivity index (χ0) is 15.4. The fourth-order valence-corrected chi connectivity index (χ4v) is 2.44. The lowest BCUT2D eigenvalue weighted by molar-refractivity contribution is 0.0702. The average molecular weight is 286 g/mol. The molecule has 0 spiro atoms. The van der Waals surface area contributed by atoms with E-state index in [1.54, 1.807) is 11.0 Å². The number of nitrogens with two attached hydrogens (primary N) is 1. The minimum atomic E-state index is -0.151. The minimum Gasteiger partial charge on any atom is -0.506 e. The van der Waals surface area contributed by atoms with Crippen LogP contribution in [0, 0.1) is 0 Å². The van der Waals surface area contributed by atoms with Gasteiger partial charge in [0, 0.05) is 18.0 Å². The topological polar surface area (TPSA) is 66.6 Å². The molecule has 2 aromatic rings. The second-order valence-corrected chi connectivity index (χ2v) is 5.42. The smallest absolute Gasteiger partial charge is 0.257 e. The number of benzene rings is 2. The molecule has 0 aromatic heterocycles. The highest BCUT2D eigenvalue weighted by Gasteiger charge is 2.21. The van der Waals surface area contributed by atoms with Crippen molar-refractivity contribution >= 4 is 16.7 Å². The van der Waals surface area contributed by atoms with Gasteiger partial charge in [-0.1, -0.05) is 30.3 Å². The minimum absolute atomic E-state index is 0.0523. The Kier molecular flexibility index (Phi) is 4.81. The van der Waals surface area contributed by atoms with Gasteiger partial charge in [-0.15, -0.1) is 0 Å². The Morgan fingerprint density at radius 3 is 2.62 bits per heavy atom. The van der Waals surface area contributed by atoms with Gasteiger partial charge in [0.2, 0.25) is 0 Å². The van der Waals surface area contributed by atoms with Crippen molar-refractivity contribution < 1.29 is 9.90 Å². The number of carbonyl (C=O) groups is 1. The molecule has 1 amide bonds. The molecule has 0 aliphatic heterocycles. The Morgan fingerprint density at radius 2 is 1.95 bits per heavy atom. The van der Waals surface area contributed by atoms with E-state index in [0.29, 0.717) is 24.0 Å². The third kappa shape index (κ3) is 3.16. The third-order valence-corrected chi connectivity index (χ3v) is 3.62. The zero-order valence-corrected chi connectivity index (χ0v) is 12.5. The number of fused-ring (bicyclic) bond motifs is 1. The number of hydrogen-bond donors (Lipinski definition) is 2. The first-order valence-corrected chi connectivity index (χ1v) is 7.28. The van der Waals surface area contributed by atoms with E-state index < -0.39 is 0 Å².